The maximum absolute atomic E-state index is 13.2. The molecule has 0 amide bonds. The van der Waals surface area contributed by atoms with Crippen molar-refractivity contribution in [3.05, 3.63) is 91.3 Å². The highest BCUT2D eigenvalue weighted by Crippen LogP contribution is 2.32. The molecule has 5 aromatic rings. The molecule has 2 aromatic heterocycles. The molecule has 0 unspecified atom stereocenters. The molecule has 3 N–H and O–H groups in total. The van der Waals surface area contributed by atoms with E-state index < -0.39 is 22.6 Å². The van der Waals surface area contributed by atoms with Crippen molar-refractivity contribution >= 4 is 32.7 Å². The summed E-state index contributed by atoms with van der Waals surface area (Å²) in [6.45, 7) is -0.516. The molecule has 0 radical (unpaired) electrons. The number of imidazole rings is 1. The number of aromatic amines is 1. The quantitative estimate of drug-likeness (QED) is 0.299. The number of carbonyl (C=O) groups is 1. The van der Waals surface area contributed by atoms with Crippen LogP contribution in [0.5, 0.6) is 5.75 Å². The Morgan fingerprint density at radius 1 is 1.00 bits per heavy atom. The Labute approximate surface area is 200 Å². The van der Waals surface area contributed by atoms with Crippen molar-refractivity contribution in [3.63, 3.8) is 0 Å². The highest BCUT2D eigenvalue weighted by molar-refractivity contribution is 7.92. The van der Waals surface area contributed by atoms with Gasteiger partial charge in [0.25, 0.3) is 10.0 Å². The van der Waals surface area contributed by atoms with Gasteiger partial charge in [-0.2, -0.15) is 0 Å². The number of nitrogens with one attached hydrogen (secondary N) is 2. The number of sulfonamides is 1. The fraction of sp³-hybridized carbons (Fsp3) is 0.0400. The average Bonchev–Trinajstić information content (AvgIpc) is 3.53. The third kappa shape index (κ3) is 4.73. The molecule has 9 nitrogen and oxygen atoms in total. The van der Waals surface area contributed by atoms with Gasteiger partial charge in [-0.1, -0.05) is 12.1 Å². The van der Waals surface area contributed by atoms with Crippen LogP contribution in [0.25, 0.3) is 28.1 Å². The van der Waals surface area contributed by atoms with Crippen LogP contribution in [-0.4, -0.2) is 40.6 Å². The van der Waals surface area contributed by atoms with Crippen molar-refractivity contribution < 1.29 is 23.1 Å². The summed E-state index contributed by atoms with van der Waals surface area (Å²) in [5.74, 6) is -0.339. The zero-order chi connectivity index (χ0) is 24.4. The zero-order valence-electron chi connectivity index (χ0n) is 18.3. The van der Waals surface area contributed by atoms with Crippen molar-refractivity contribution in [2.45, 2.75) is 4.90 Å². The van der Waals surface area contributed by atoms with Gasteiger partial charge in [0.1, 0.15) is 11.6 Å². The van der Waals surface area contributed by atoms with Crippen molar-refractivity contribution in [1.29, 1.82) is 0 Å². The standard InChI is InChI=1S/C25H20N4O5S/c30-24(31)16-34-18-8-10-19(11-9-18)35(32,33)28-23-15-17(29-13-3-4-14-29)7-12-20(23)25-26-21-5-1-2-6-22(21)27-25/h1-15,28H,16H2,(H,26,27)(H,30,31). The normalized spacial score (nSPS) is 11.4. The summed E-state index contributed by atoms with van der Waals surface area (Å²) in [6, 6.07) is 22.3. The van der Waals surface area contributed by atoms with E-state index in [1.165, 1.54) is 24.3 Å². The maximum Gasteiger partial charge on any atom is 0.341 e. The second kappa shape index (κ2) is 8.99. The first-order chi connectivity index (χ1) is 16.9. The van der Waals surface area contributed by atoms with Crippen LogP contribution < -0.4 is 9.46 Å². The minimum Gasteiger partial charge on any atom is -0.482 e. The van der Waals surface area contributed by atoms with E-state index >= 15 is 0 Å². The summed E-state index contributed by atoms with van der Waals surface area (Å²) in [5.41, 5.74) is 3.30. The maximum atomic E-state index is 13.2. The Morgan fingerprint density at radius 3 is 2.46 bits per heavy atom. The first kappa shape index (κ1) is 22.2. The van der Waals surface area contributed by atoms with E-state index in [-0.39, 0.29) is 10.6 Å². The topological polar surface area (TPSA) is 126 Å². The predicted octanol–water partition coefficient (Wildman–Crippen LogP) is 4.28. The van der Waals surface area contributed by atoms with Crippen LogP contribution in [0.4, 0.5) is 5.69 Å². The zero-order valence-corrected chi connectivity index (χ0v) is 19.1. The van der Waals surface area contributed by atoms with E-state index in [4.69, 9.17) is 9.84 Å². The van der Waals surface area contributed by atoms with Gasteiger partial charge >= 0.3 is 5.97 Å². The molecule has 0 atom stereocenters. The number of hydrogen-bond acceptors (Lipinski definition) is 5. The number of rotatable bonds is 8. The third-order valence-corrected chi connectivity index (χ3v) is 6.67. The monoisotopic (exact) mass is 488 g/mol. The summed E-state index contributed by atoms with van der Waals surface area (Å²) in [6.07, 6.45) is 3.73. The van der Waals surface area contributed by atoms with Gasteiger partial charge in [0.15, 0.2) is 6.61 Å². The number of nitrogens with zero attached hydrogens (tertiary/aromatic N) is 2. The lowest BCUT2D eigenvalue weighted by atomic mass is 10.1. The first-order valence-electron chi connectivity index (χ1n) is 10.6. The van der Waals surface area contributed by atoms with E-state index in [0.29, 0.717) is 17.1 Å². The number of fused-ring (bicyclic) bond motifs is 1. The van der Waals surface area contributed by atoms with Crippen LogP contribution in [0.1, 0.15) is 0 Å². The van der Waals surface area contributed by atoms with Gasteiger partial charge in [-0.05, 0) is 66.7 Å². The van der Waals surface area contributed by atoms with Gasteiger partial charge in [0.2, 0.25) is 0 Å². The highest BCUT2D eigenvalue weighted by Gasteiger charge is 2.19. The minimum absolute atomic E-state index is 0.00194. The molecular weight excluding hydrogens is 468 g/mol. The fourth-order valence-electron chi connectivity index (χ4n) is 3.63. The number of benzene rings is 3. The molecule has 10 heteroatoms. The second-order valence-electron chi connectivity index (χ2n) is 7.68. The molecule has 0 aliphatic heterocycles. The largest absolute Gasteiger partial charge is 0.482 e. The molecule has 0 saturated carbocycles. The number of aromatic nitrogens is 3. The summed E-state index contributed by atoms with van der Waals surface area (Å²) in [4.78, 5) is 18.6. The van der Waals surface area contributed by atoms with Crippen molar-refractivity contribution in [1.82, 2.24) is 14.5 Å². The highest BCUT2D eigenvalue weighted by atomic mass is 32.2. The Kier molecular flexibility index (Phi) is 5.71. The summed E-state index contributed by atoms with van der Waals surface area (Å²) >= 11 is 0. The van der Waals surface area contributed by atoms with Crippen LogP contribution in [0, 0.1) is 0 Å². The van der Waals surface area contributed by atoms with Crippen LogP contribution in [0.15, 0.2) is 96.2 Å². The molecule has 3 aromatic carbocycles. The molecule has 0 aliphatic carbocycles. The SMILES string of the molecule is O=C(O)COc1ccc(S(=O)(=O)Nc2cc(-n3cccc3)ccc2-c2nc3ccccc3[nH]2)cc1. The molecule has 35 heavy (non-hydrogen) atoms. The molecule has 0 saturated heterocycles. The Bertz CT molecular complexity index is 1570. The number of para-hydroxylation sites is 2. The summed E-state index contributed by atoms with van der Waals surface area (Å²) in [7, 11) is -3.98. The van der Waals surface area contributed by atoms with Gasteiger partial charge in [0, 0.05) is 23.6 Å². The Morgan fingerprint density at radius 2 is 1.74 bits per heavy atom. The number of ether oxygens (including phenoxy) is 1. The number of hydrogen-bond donors (Lipinski definition) is 3. The lowest BCUT2D eigenvalue weighted by molar-refractivity contribution is -0.139. The molecule has 0 fully saturated rings. The van der Waals surface area contributed by atoms with E-state index in [2.05, 4.69) is 14.7 Å². The van der Waals surface area contributed by atoms with Crippen LogP contribution in [0.2, 0.25) is 0 Å². The van der Waals surface area contributed by atoms with E-state index in [1.54, 1.807) is 6.07 Å². The number of carboxylic acids is 1. The first-order valence-corrected chi connectivity index (χ1v) is 12.1. The number of H-pyrrole nitrogens is 1. The predicted molar refractivity (Wildman–Crippen MR) is 131 cm³/mol. The molecule has 176 valence electrons. The van der Waals surface area contributed by atoms with Crippen molar-refractivity contribution in [2.24, 2.45) is 0 Å². The van der Waals surface area contributed by atoms with Gasteiger partial charge < -0.3 is 19.4 Å². The third-order valence-electron chi connectivity index (χ3n) is 5.29. The summed E-state index contributed by atoms with van der Waals surface area (Å²) in [5, 5.41) is 8.74. The van der Waals surface area contributed by atoms with Crippen molar-refractivity contribution in [2.75, 3.05) is 11.3 Å². The van der Waals surface area contributed by atoms with E-state index in [9.17, 15) is 13.2 Å². The molecule has 2 heterocycles. The van der Waals surface area contributed by atoms with Gasteiger partial charge in [-0.3, -0.25) is 4.72 Å². The van der Waals surface area contributed by atoms with E-state index in [1.807, 2.05) is 65.5 Å². The lowest BCUT2D eigenvalue weighted by Gasteiger charge is -2.14. The molecule has 5 rings (SSSR count). The second-order valence-corrected chi connectivity index (χ2v) is 9.36. The Balaban J connectivity index is 1.52. The van der Waals surface area contributed by atoms with Gasteiger partial charge in [-0.25, -0.2) is 18.2 Å². The van der Waals surface area contributed by atoms with Crippen LogP contribution in [0.3, 0.4) is 0 Å². The van der Waals surface area contributed by atoms with Gasteiger partial charge in [0.05, 0.1) is 21.6 Å². The number of anilines is 1. The van der Waals surface area contributed by atoms with Crippen LogP contribution >= 0.6 is 0 Å². The molecule has 0 bridgehead atoms. The average molecular weight is 489 g/mol. The van der Waals surface area contributed by atoms with E-state index in [0.717, 1.165) is 16.7 Å². The minimum atomic E-state index is -3.98. The molecular formula is C25H20N4O5S. The van der Waals surface area contributed by atoms with Crippen molar-refractivity contribution in [3.8, 4) is 22.8 Å². The molecule has 0 aliphatic rings. The van der Waals surface area contributed by atoms with Gasteiger partial charge in [-0.15, -0.1) is 0 Å². The summed E-state index contributed by atoms with van der Waals surface area (Å²) < 4.78 is 36.1. The smallest absolute Gasteiger partial charge is 0.341 e. The van der Waals surface area contributed by atoms with Crippen LogP contribution in [-0.2, 0) is 14.8 Å². The number of aliphatic carboxylic acids is 1. The Hall–Kier alpha value is -4.57. The number of carboxylic acid groups (broad SMARTS) is 1. The fourth-order valence-corrected chi connectivity index (χ4v) is 4.71. The molecule has 0 spiro atoms. The lowest BCUT2D eigenvalue weighted by Crippen LogP contribution is -2.14.